The van der Waals surface area contributed by atoms with Gasteiger partial charge < -0.3 is 10.5 Å². The second-order valence-electron chi connectivity index (χ2n) is 5.45. The summed E-state index contributed by atoms with van der Waals surface area (Å²) < 4.78 is 32.5. The summed E-state index contributed by atoms with van der Waals surface area (Å²) in [6, 6.07) is 4.96. The van der Waals surface area contributed by atoms with Crippen LogP contribution in [0.15, 0.2) is 23.1 Å². The average Bonchev–Trinajstić information content (AvgIpc) is 2.63. The van der Waals surface area contributed by atoms with E-state index >= 15 is 0 Å². The first-order valence-electron chi connectivity index (χ1n) is 6.23. The Labute approximate surface area is 120 Å². The zero-order valence-electron chi connectivity index (χ0n) is 10.6. The topological polar surface area (TPSA) is 85.5 Å². The summed E-state index contributed by atoms with van der Waals surface area (Å²) in [5.41, 5.74) is 6.45. The fourth-order valence-corrected chi connectivity index (χ4v) is 5.22. The predicted molar refractivity (Wildman–Crippen MR) is 76.0 cm³/mol. The van der Waals surface area contributed by atoms with Gasteiger partial charge in [0.05, 0.1) is 28.3 Å². The van der Waals surface area contributed by atoms with Crippen molar-refractivity contribution in [2.45, 2.75) is 4.90 Å². The molecule has 2 aliphatic rings. The molecule has 0 aliphatic carbocycles. The van der Waals surface area contributed by atoms with Crippen LogP contribution in [0.5, 0.6) is 0 Å². The molecule has 1 spiro atoms. The Hall–Kier alpha value is -1.22. The van der Waals surface area contributed by atoms with E-state index in [1.807, 2.05) is 0 Å². The molecule has 0 unspecified atom stereocenters. The minimum Gasteiger partial charge on any atom is -0.380 e. The van der Waals surface area contributed by atoms with Crippen molar-refractivity contribution in [2.24, 2.45) is 5.41 Å². The van der Waals surface area contributed by atoms with Gasteiger partial charge in [-0.2, -0.15) is 4.31 Å². The average molecular weight is 311 g/mol. The number of nitrogen functional groups attached to an aromatic ring is 1. The highest BCUT2D eigenvalue weighted by atomic mass is 32.2. The summed E-state index contributed by atoms with van der Waals surface area (Å²) in [6.07, 6.45) is 0. The number of aromatic nitrogens is 1. The van der Waals surface area contributed by atoms with Crippen LogP contribution in [0.25, 0.3) is 10.2 Å². The van der Waals surface area contributed by atoms with E-state index in [1.54, 1.807) is 18.2 Å². The summed E-state index contributed by atoms with van der Waals surface area (Å²) in [6.45, 7) is 2.45. The number of hydrogen-bond acceptors (Lipinski definition) is 6. The molecule has 2 aliphatic heterocycles. The number of nitrogens with two attached hydrogens (primary N) is 1. The van der Waals surface area contributed by atoms with Gasteiger partial charge in [0, 0.05) is 18.5 Å². The summed E-state index contributed by atoms with van der Waals surface area (Å²) in [5.74, 6) is 0. The van der Waals surface area contributed by atoms with Gasteiger partial charge in [0.1, 0.15) is 0 Å². The number of hydrogen-bond donors (Lipinski definition) is 1. The SMILES string of the molecule is Nc1nc2ccc(S(=O)(=O)N3CC4(COC4)C3)cc2s1. The third kappa shape index (κ3) is 1.69. The molecular formula is C12H13N3O3S2. The van der Waals surface area contributed by atoms with Crippen molar-refractivity contribution in [3.05, 3.63) is 18.2 Å². The molecule has 20 heavy (non-hydrogen) atoms. The molecule has 2 fully saturated rings. The first-order valence-corrected chi connectivity index (χ1v) is 8.48. The standard InChI is InChI=1S/C12H13N3O3S2/c13-11-14-9-2-1-8(3-10(9)19-11)20(16,17)15-4-12(5-15)6-18-7-12/h1-3H,4-7H2,(H2,13,14). The quantitative estimate of drug-likeness (QED) is 0.890. The Balaban J connectivity index is 1.67. The van der Waals surface area contributed by atoms with E-state index in [0.717, 1.165) is 10.2 Å². The fraction of sp³-hybridized carbons (Fsp3) is 0.417. The van der Waals surface area contributed by atoms with Crippen LogP contribution in [0.4, 0.5) is 5.13 Å². The van der Waals surface area contributed by atoms with Gasteiger partial charge in [-0.25, -0.2) is 13.4 Å². The molecule has 0 bridgehead atoms. The van der Waals surface area contributed by atoms with Crippen LogP contribution in [0.1, 0.15) is 0 Å². The van der Waals surface area contributed by atoms with E-state index in [2.05, 4.69) is 4.98 Å². The molecule has 1 aromatic carbocycles. The Morgan fingerprint density at radius 2 is 2.10 bits per heavy atom. The molecule has 6 nitrogen and oxygen atoms in total. The van der Waals surface area contributed by atoms with Crippen molar-refractivity contribution in [3.8, 4) is 0 Å². The lowest BCUT2D eigenvalue weighted by Gasteiger charge is -2.53. The van der Waals surface area contributed by atoms with E-state index in [4.69, 9.17) is 10.5 Å². The molecule has 1 aromatic heterocycles. The number of benzene rings is 1. The number of anilines is 1. The van der Waals surface area contributed by atoms with Crippen LogP contribution in [-0.4, -0.2) is 44.0 Å². The van der Waals surface area contributed by atoms with Gasteiger partial charge in [0.25, 0.3) is 0 Å². The monoisotopic (exact) mass is 311 g/mol. The van der Waals surface area contributed by atoms with E-state index in [0.29, 0.717) is 36.3 Å². The maximum absolute atomic E-state index is 12.5. The summed E-state index contributed by atoms with van der Waals surface area (Å²) in [4.78, 5) is 4.44. The molecule has 2 N–H and O–H groups in total. The molecule has 0 saturated carbocycles. The molecule has 8 heteroatoms. The third-order valence-electron chi connectivity index (χ3n) is 3.85. The van der Waals surface area contributed by atoms with Crippen molar-refractivity contribution in [3.63, 3.8) is 0 Å². The van der Waals surface area contributed by atoms with Crippen molar-refractivity contribution < 1.29 is 13.2 Å². The largest absolute Gasteiger partial charge is 0.380 e. The predicted octanol–water partition coefficient (Wildman–Crippen LogP) is 0.899. The van der Waals surface area contributed by atoms with Crippen LogP contribution < -0.4 is 5.73 Å². The lowest BCUT2D eigenvalue weighted by atomic mass is 9.80. The molecule has 0 radical (unpaired) electrons. The highest BCUT2D eigenvalue weighted by Gasteiger charge is 2.53. The first kappa shape index (κ1) is 12.5. The van der Waals surface area contributed by atoms with E-state index in [1.165, 1.54) is 15.6 Å². The summed E-state index contributed by atoms with van der Waals surface area (Å²) >= 11 is 1.30. The molecular weight excluding hydrogens is 298 g/mol. The first-order chi connectivity index (χ1) is 9.48. The van der Waals surface area contributed by atoms with Crippen molar-refractivity contribution >= 4 is 36.7 Å². The van der Waals surface area contributed by atoms with Crippen molar-refractivity contribution in [1.82, 2.24) is 9.29 Å². The zero-order chi connectivity index (χ0) is 14.0. The maximum Gasteiger partial charge on any atom is 0.243 e. The van der Waals surface area contributed by atoms with E-state index in [9.17, 15) is 8.42 Å². The van der Waals surface area contributed by atoms with Crippen LogP contribution in [0.2, 0.25) is 0 Å². The summed E-state index contributed by atoms with van der Waals surface area (Å²) in [5, 5.41) is 0.448. The Bertz CT molecular complexity index is 787. The fourth-order valence-electron chi connectivity index (χ4n) is 2.68. The van der Waals surface area contributed by atoms with Crippen molar-refractivity contribution in [2.75, 3.05) is 32.0 Å². The van der Waals surface area contributed by atoms with Gasteiger partial charge in [-0.3, -0.25) is 0 Å². The second-order valence-corrected chi connectivity index (χ2v) is 8.45. The Morgan fingerprint density at radius 3 is 2.75 bits per heavy atom. The van der Waals surface area contributed by atoms with E-state index in [-0.39, 0.29) is 5.41 Å². The lowest BCUT2D eigenvalue weighted by molar-refractivity contribution is -0.166. The number of fused-ring (bicyclic) bond motifs is 1. The van der Waals surface area contributed by atoms with Gasteiger partial charge in [0.15, 0.2) is 5.13 Å². The number of nitrogens with zero attached hydrogens (tertiary/aromatic N) is 2. The number of rotatable bonds is 2. The number of thiazole rings is 1. The van der Waals surface area contributed by atoms with Gasteiger partial charge in [-0.1, -0.05) is 11.3 Å². The number of ether oxygens (including phenoxy) is 1. The lowest BCUT2D eigenvalue weighted by Crippen LogP contribution is -2.66. The van der Waals surface area contributed by atoms with Crippen LogP contribution in [0.3, 0.4) is 0 Å². The van der Waals surface area contributed by atoms with Crippen LogP contribution in [-0.2, 0) is 14.8 Å². The van der Waals surface area contributed by atoms with Gasteiger partial charge >= 0.3 is 0 Å². The third-order valence-corrected chi connectivity index (χ3v) is 6.49. The van der Waals surface area contributed by atoms with Crippen LogP contribution >= 0.6 is 11.3 Å². The summed E-state index contributed by atoms with van der Waals surface area (Å²) in [7, 11) is -3.42. The smallest absolute Gasteiger partial charge is 0.243 e. The van der Waals surface area contributed by atoms with Gasteiger partial charge in [0.2, 0.25) is 10.0 Å². The number of sulfonamides is 1. The van der Waals surface area contributed by atoms with E-state index < -0.39 is 10.0 Å². The second kappa shape index (κ2) is 3.91. The Kier molecular flexibility index (Phi) is 2.45. The Morgan fingerprint density at radius 1 is 1.35 bits per heavy atom. The molecule has 0 atom stereocenters. The molecule has 106 valence electrons. The normalized spacial score (nSPS) is 21.8. The highest BCUT2D eigenvalue weighted by molar-refractivity contribution is 7.89. The highest BCUT2D eigenvalue weighted by Crippen LogP contribution is 2.40. The zero-order valence-corrected chi connectivity index (χ0v) is 12.2. The van der Waals surface area contributed by atoms with Crippen molar-refractivity contribution in [1.29, 1.82) is 0 Å². The molecule has 2 saturated heterocycles. The van der Waals surface area contributed by atoms with Gasteiger partial charge in [-0.15, -0.1) is 0 Å². The molecule has 0 amide bonds. The van der Waals surface area contributed by atoms with Gasteiger partial charge in [-0.05, 0) is 18.2 Å². The molecule has 2 aromatic rings. The minimum atomic E-state index is -3.42. The minimum absolute atomic E-state index is 0.0755. The molecule has 3 heterocycles. The molecule has 4 rings (SSSR count). The maximum atomic E-state index is 12.5. The van der Waals surface area contributed by atoms with Crippen LogP contribution in [0, 0.1) is 5.41 Å².